The van der Waals surface area contributed by atoms with Crippen molar-refractivity contribution >= 4 is 11.4 Å². The topological polar surface area (TPSA) is 71.3 Å². The van der Waals surface area contributed by atoms with Gasteiger partial charge in [-0.1, -0.05) is 6.42 Å². The summed E-state index contributed by atoms with van der Waals surface area (Å²) in [4.78, 5) is 16.3. The highest BCUT2D eigenvalue weighted by molar-refractivity contribution is 6.00. The molecule has 0 aliphatic carbocycles. The van der Waals surface area contributed by atoms with Crippen LogP contribution >= 0.6 is 0 Å². The summed E-state index contributed by atoms with van der Waals surface area (Å²) in [6.45, 7) is 2.84. The second kappa shape index (κ2) is 5.58. The number of rotatable bonds is 3. The SMILES string of the molecule is CC1CCCC(CNC(=O)c2cnn3ccncc23)N1. The van der Waals surface area contributed by atoms with Crippen LogP contribution in [0.4, 0.5) is 0 Å². The largest absolute Gasteiger partial charge is 0.350 e. The molecule has 2 unspecified atom stereocenters. The lowest BCUT2D eigenvalue weighted by Crippen LogP contribution is -2.47. The van der Waals surface area contributed by atoms with Gasteiger partial charge < -0.3 is 10.6 Å². The van der Waals surface area contributed by atoms with E-state index in [1.807, 2.05) is 0 Å². The molecule has 0 radical (unpaired) electrons. The Morgan fingerprint density at radius 2 is 2.40 bits per heavy atom. The highest BCUT2D eigenvalue weighted by atomic mass is 16.1. The summed E-state index contributed by atoms with van der Waals surface area (Å²) in [7, 11) is 0. The predicted octanol–water partition coefficient (Wildman–Crippen LogP) is 0.990. The highest BCUT2D eigenvalue weighted by Gasteiger charge is 2.19. The van der Waals surface area contributed by atoms with Crippen LogP contribution in [0.1, 0.15) is 36.5 Å². The van der Waals surface area contributed by atoms with Gasteiger partial charge in [0.2, 0.25) is 0 Å². The maximum Gasteiger partial charge on any atom is 0.255 e. The fourth-order valence-electron chi connectivity index (χ4n) is 2.72. The van der Waals surface area contributed by atoms with Gasteiger partial charge in [-0.05, 0) is 19.8 Å². The van der Waals surface area contributed by atoms with Gasteiger partial charge in [0.25, 0.3) is 5.91 Å². The van der Waals surface area contributed by atoms with Crippen molar-refractivity contribution in [2.24, 2.45) is 0 Å². The second-order valence-corrected chi connectivity index (χ2v) is 5.37. The predicted molar refractivity (Wildman–Crippen MR) is 75.6 cm³/mol. The van der Waals surface area contributed by atoms with Crippen LogP contribution in [-0.2, 0) is 0 Å². The van der Waals surface area contributed by atoms with E-state index in [-0.39, 0.29) is 5.91 Å². The van der Waals surface area contributed by atoms with Gasteiger partial charge in [0.05, 0.1) is 23.5 Å². The first kappa shape index (κ1) is 13.1. The number of nitrogens with one attached hydrogen (secondary N) is 2. The molecule has 6 nitrogen and oxygen atoms in total. The maximum atomic E-state index is 12.2. The lowest BCUT2D eigenvalue weighted by Gasteiger charge is -2.28. The van der Waals surface area contributed by atoms with Crippen LogP contribution in [0, 0.1) is 0 Å². The molecule has 0 aromatic carbocycles. The van der Waals surface area contributed by atoms with Crippen LogP contribution in [0.5, 0.6) is 0 Å². The van der Waals surface area contributed by atoms with Crippen LogP contribution in [0.25, 0.3) is 5.52 Å². The van der Waals surface area contributed by atoms with Crippen LogP contribution in [0.2, 0.25) is 0 Å². The average molecular weight is 273 g/mol. The van der Waals surface area contributed by atoms with Crippen molar-refractivity contribution in [1.29, 1.82) is 0 Å². The molecule has 1 aliphatic rings. The molecule has 0 bridgehead atoms. The molecule has 3 rings (SSSR count). The molecule has 1 fully saturated rings. The molecule has 2 aromatic rings. The first-order valence-electron chi connectivity index (χ1n) is 7.05. The van der Waals surface area contributed by atoms with E-state index in [1.165, 1.54) is 12.8 Å². The number of fused-ring (bicyclic) bond motifs is 1. The van der Waals surface area contributed by atoms with Gasteiger partial charge in [-0.25, -0.2) is 4.52 Å². The lowest BCUT2D eigenvalue weighted by molar-refractivity contribution is 0.0948. The minimum Gasteiger partial charge on any atom is -0.350 e. The monoisotopic (exact) mass is 273 g/mol. The minimum atomic E-state index is -0.0898. The zero-order valence-corrected chi connectivity index (χ0v) is 11.5. The molecule has 0 spiro atoms. The zero-order chi connectivity index (χ0) is 13.9. The molecule has 2 N–H and O–H groups in total. The van der Waals surface area contributed by atoms with Crippen molar-refractivity contribution in [3.63, 3.8) is 0 Å². The Hall–Kier alpha value is -1.95. The van der Waals surface area contributed by atoms with Crippen LogP contribution in [0.15, 0.2) is 24.8 Å². The molecule has 1 saturated heterocycles. The van der Waals surface area contributed by atoms with Crippen molar-refractivity contribution in [2.45, 2.75) is 38.3 Å². The molecule has 2 atom stereocenters. The number of piperidine rings is 1. The molecule has 20 heavy (non-hydrogen) atoms. The summed E-state index contributed by atoms with van der Waals surface area (Å²) < 4.78 is 1.66. The van der Waals surface area contributed by atoms with E-state index >= 15 is 0 Å². The first-order valence-corrected chi connectivity index (χ1v) is 7.05. The van der Waals surface area contributed by atoms with E-state index in [0.717, 1.165) is 11.9 Å². The van der Waals surface area contributed by atoms with Crippen LogP contribution in [0.3, 0.4) is 0 Å². The Bertz CT molecular complexity index is 608. The number of aromatic nitrogens is 3. The van der Waals surface area contributed by atoms with Gasteiger partial charge in [-0.3, -0.25) is 9.78 Å². The summed E-state index contributed by atoms with van der Waals surface area (Å²) >= 11 is 0. The number of amides is 1. The fourth-order valence-corrected chi connectivity index (χ4v) is 2.72. The number of nitrogens with zero attached hydrogens (tertiary/aromatic N) is 3. The Balaban J connectivity index is 1.64. The molecule has 1 amide bonds. The number of hydrogen-bond acceptors (Lipinski definition) is 4. The second-order valence-electron chi connectivity index (χ2n) is 5.37. The van der Waals surface area contributed by atoms with Crippen molar-refractivity contribution in [2.75, 3.05) is 6.54 Å². The third kappa shape index (κ3) is 2.65. The lowest BCUT2D eigenvalue weighted by atomic mass is 9.99. The van der Waals surface area contributed by atoms with Crippen LogP contribution in [-0.4, -0.2) is 39.1 Å². The van der Waals surface area contributed by atoms with Crippen molar-refractivity contribution in [1.82, 2.24) is 25.2 Å². The van der Waals surface area contributed by atoms with Crippen molar-refractivity contribution < 1.29 is 4.79 Å². The average Bonchev–Trinajstić information content (AvgIpc) is 2.89. The Labute approximate surface area is 117 Å². The maximum absolute atomic E-state index is 12.2. The van der Waals surface area contributed by atoms with E-state index in [1.54, 1.807) is 29.3 Å². The first-order chi connectivity index (χ1) is 9.74. The van der Waals surface area contributed by atoms with Gasteiger partial charge in [-0.2, -0.15) is 5.10 Å². The van der Waals surface area contributed by atoms with E-state index in [2.05, 4.69) is 27.6 Å². The minimum absolute atomic E-state index is 0.0898. The molecular formula is C14H19N5O. The quantitative estimate of drug-likeness (QED) is 0.875. The van der Waals surface area contributed by atoms with Gasteiger partial charge in [0, 0.05) is 31.0 Å². The third-order valence-corrected chi connectivity index (χ3v) is 3.79. The molecule has 6 heteroatoms. The van der Waals surface area contributed by atoms with E-state index in [9.17, 15) is 4.79 Å². The summed E-state index contributed by atoms with van der Waals surface area (Å²) in [6, 6.07) is 0.898. The third-order valence-electron chi connectivity index (χ3n) is 3.79. The van der Waals surface area contributed by atoms with Crippen molar-refractivity contribution in [3.8, 4) is 0 Å². The van der Waals surface area contributed by atoms with Gasteiger partial charge >= 0.3 is 0 Å². The van der Waals surface area contributed by atoms with Crippen molar-refractivity contribution in [3.05, 3.63) is 30.4 Å². The normalized spacial score (nSPS) is 22.9. The zero-order valence-electron chi connectivity index (χ0n) is 11.5. The summed E-state index contributed by atoms with van der Waals surface area (Å²) in [5, 5.41) is 10.6. The number of hydrogen-bond donors (Lipinski definition) is 2. The summed E-state index contributed by atoms with van der Waals surface area (Å²) in [5.74, 6) is -0.0898. The Morgan fingerprint density at radius 3 is 3.25 bits per heavy atom. The van der Waals surface area contributed by atoms with E-state index in [0.29, 0.717) is 24.2 Å². The smallest absolute Gasteiger partial charge is 0.255 e. The summed E-state index contributed by atoms with van der Waals surface area (Å²) in [6.07, 6.45) is 10.2. The van der Waals surface area contributed by atoms with Gasteiger partial charge in [0.1, 0.15) is 0 Å². The van der Waals surface area contributed by atoms with Gasteiger partial charge in [-0.15, -0.1) is 0 Å². The van der Waals surface area contributed by atoms with E-state index in [4.69, 9.17) is 0 Å². The molecule has 3 heterocycles. The number of carbonyl (C=O) groups is 1. The highest BCUT2D eigenvalue weighted by Crippen LogP contribution is 2.12. The standard InChI is InChI=1S/C14H19N5O/c1-10-3-2-4-11(18-10)7-16-14(20)12-8-17-19-6-5-15-9-13(12)19/h5-6,8-11,18H,2-4,7H2,1H3,(H,16,20). The Kier molecular flexibility index (Phi) is 3.64. The number of carbonyl (C=O) groups excluding carboxylic acids is 1. The Morgan fingerprint density at radius 1 is 1.50 bits per heavy atom. The molecule has 0 saturated carbocycles. The molecular weight excluding hydrogens is 254 g/mol. The van der Waals surface area contributed by atoms with E-state index < -0.39 is 0 Å². The molecule has 2 aromatic heterocycles. The van der Waals surface area contributed by atoms with Crippen LogP contribution < -0.4 is 10.6 Å². The van der Waals surface area contributed by atoms with Gasteiger partial charge in [0.15, 0.2) is 0 Å². The fraction of sp³-hybridized carbons (Fsp3) is 0.500. The molecule has 106 valence electrons. The molecule has 1 aliphatic heterocycles. The summed E-state index contributed by atoms with van der Waals surface area (Å²) in [5.41, 5.74) is 1.30.